The zero-order valence-corrected chi connectivity index (χ0v) is 15.9. The first kappa shape index (κ1) is 17.5. The molecule has 0 bridgehead atoms. The topological polar surface area (TPSA) is 41.4 Å². The van der Waals surface area contributed by atoms with Gasteiger partial charge in [0.05, 0.1) is 12.1 Å². The first-order valence-electron chi connectivity index (χ1n) is 9.42. The molecule has 0 aliphatic carbocycles. The molecule has 0 spiro atoms. The molecule has 0 aromatic carbocycles. The SMILES string of the molecule is Cc1nn(C)c(C)c1CC(=O)N1CCC[C@@H](N2[C@H](C)CC[C@@H]2C)C1. The van der Waals surface area contributed by atoms with E-state index in [1.54, 1.807) is 0 Å². The smallest absolute Gasteiger partial charge is 0.227 e. The predicted octanol–water partition coefficient (Wildman–Crippen LogP) is 2.44. The minimum absolute atomic E-state index is 0.262. The fourth-order valence-corrected chi connectivity index (χ4v) is 4.70. The van der Waals surface area contributed by atoms with Crippen LogP contribution < -0.4 is 0 Å². The molecular weight excluding hydrogens is 300 g/mol. The van der Waals surface area contributed by atoms with Crippen LogP contribution in [0.15, 0.2) is 0 Å². The number of nitrogens with zero attached hydrogens (tertiary/aromatic N) is 4. The Bertz CT molecular complexity index is 599. The summed E-state index contributed by atoms with van der Waals surface area (Å²) in [6.07, 6.45) is 5.42. The number of carbonyl (C=O) groups excluding carboxylic acids is 1. The van der Waals surface area contributed by atoms with E-state index in [1.165, 1.54) is 19.3 Å². The minimum Gasteiger partial charge on any atom is -0.341 e. The fourth-order valence-electron chi connectivity index (χ4n) is 4.70. The van der Waals surface area contributed by atoms with Crippen LogP contribution in [0.3, 0.4) is 0 Å². The van der Waals surface area contributed by atoms with Crippen LogP contribution in [0.4, 0.5) is 0 Å². The van der Waals surface area contributed by atoms with Gasteiger partial charge in [0.1, 0.15) is 0 Å². The van der Waals surface area contributed by atoms with Crippen molar-refractivity contribution in [3.8, 4) is 0 Å². The van der Waals surface area contributed by atoms with Gasteiger partial charge in [-0.2, -0.15) is 5.10 Å². The van der Waals surface area contributed by atoms with E-state index in [0.29, 0.717) is 24.5 Å². The van der Waals surface area contributed by atoms with Crippen molar-refractivity contribution in [3.05, 3.63) is 17.0 Å². The van der Waals surface area contributed by atoms with Gasteiger partial charge < -0.3 is 4.90 Å². The summed E-state index contributed by atoms with van der Waals surface area (Å²) in [4.78, 5) is 17.6. The average molecular weight is 332 g/mol. The standard InChI is InChI=1S/C19H32N4O/c1-13-8-9-14(2)23(13)17-7-6-10-22(12-17)19(24)11-18-15(3)20-21(5)16(18)4/h13-14,17H,6-12H2,1-5H3/t13-,14+,17-/m1/s1. The summed E-state index contributed by atoms with van der Waals surface area (Å²) >= 11 is 0. The van der Waals surface area contributed by atoms with E-state index < -0.39 is 0 Å². The van der Waals surface area contributed by atoms with Crippen LogP contribution in [0.2, 0.25) is 0 Å². The summed E-state index contributed by atoms with van der Waals surface area (Å²) in [5.74, 6) is 0.262. The van der Waals surface area contributed by atoms with Gasteiger partial charge in [-0.1, -0.05) is 0 Å². The lowest BCUT2D eigenvalue weighted by Crippen LogP contribution is -2.52. The van der Waals surface area contributed by atoms with E-state index in [-0.39, 0.29) is 5.91 Å². The molecule has 3 heterocycles. The first-order valence-corrected chi connectivity index (χ1v) is 9.42. The molecule has 1 aromatic heterocycles. The van der Waals surface area contributed by atoms with E-state index in [9.17, 15) is 4.79 Å². The molecule has 1 aromatic rings. The van der Waals surface area contributed by atoms with Crippen molar-refractivity contribution in [1.82, 2.24) is 19.6 Å². The maximum absolute atomic E-state index is 12.9. The zero-order valence-electron chi connectivity index (χ0n) is 15.9. The van der Waals surface area contributed by atoms with Gasteiger partial charge in [-0.25, -0.2) is 0 Å². The van der Waals surface area contributed by atoms with Gasteiger partial charge >= 0.3 is 0 Å². The maximum Gasteiger partial charge on any atom is 0.227 e. The second kappa shape index (κ2) is 6.87. The molecule has 134 valence electrons. The molecule has 5 nitrogen and oxygen atoms in total. The van der Waals surface area contributed by atoms with Gasteiger partial charge in [0.2, 0.25) is 5.91 Å². The first-order chi connectivity index (χ1) is 11.4. The predicted molar refractivity (Wildman–Crippen MR) is 96.0 cm³/mol. The van der Waals surface area contributed by atoms with E-state index in [4.69, 9.17) is 0 Å². The van der Waals surface area contributed by atoms with Crippen LogP contribution in [-0.4, -0.2) is 56.7 Å². The highest BCUT2D eigenvalue weighted by Gasteiger charge is 2.36. The molecule has 3 rings (SSSR count). The Balaban J connectivity index is 1.67. The van der Waals surface area contributed by atoms with Crippen LogP contribution in [0.25, 0.3) is 0 Å². The number of rotatable bonds is 3. The van der Waals surface area contributed by atoms with E-state index in [1.807, 2.05) is 18.7 Å². The van der Waals surface area contributed by atoms with E-state index in [2.05, 4.69) is 35.7 Å². The Kier molecular flexibility index (Phi) is 5.00. The number of aromatic nitrogens is 2. The largest absolute Gasteiger partial charge is 0.341 e. The van der Waals surface area contributed by atoms with Gasteiger partial charge in [0.25, 0.3) is 0 Å². The molecule has 5 heteroatoms. The maximum atomic E-state index is 12.9. The number of likely N-dealkylation sites (tertiary alicyclic amines) is 2. The Labute approximate surface area is 146 Å². The number of amides is 1. The highest BCUT2D eigenvalue weighted by molar-refractivity contribution is 5.79. The van der Waals surface area contributed by atoms with Gasteiger partial charge in [0.15, 0.2) is 0 Å². The Morgan fingerprint density at radius 1 is 1.17 bits per heavy atom. The lowest BCUT2D eigenvalue weighted by Gasteiger charge is -2.41. The van der Waals surface area contributed by atoms with Crippen LogP contribution >= 0.6 is 0 Å². The molecule has 2 saturated heterocycles. The van der Waals surface area contributed by atoms with Crippen molar-refractivity contribution < 1.29 is 4.79 Å². The second-order valence-corrected chi connectivity index (χ2v) is 7.81. The third-order valence-electron chi connectivity index (χ3n) is 6.18. The lowest BCUT2D eigenvalue weighted by molar-refractivity contribution is -0.133. The number of piperidine rings is 1. The van der Waals surface area contributed by atoms with Gasteiger partial charge in [-0.15, -0.1) is 0 Å². The summed E-state index contributed by atoms with van der Waals surface area (Å²) in [5.41, 5.74) is 3.20. The molecule has 1 amide bonds. The van der Waals surface area contributed by atoms with Crippen LogP contribution in [0, 0.1) is 13.8 Å². The molecule has 24 heavy (non-hydrogen) atoms. The molecule has 3 atom stereocenters. The molecular formula is C19H32N4O. The minimum atomic E-state index is 0.262. The van der Waals surface area contributed by atoms with Crippen LogP contribution in [0.1, 0.15) is 56.5 Å². The van der Waals surface area contributed by atoms with Gasteiger partial charge in [-0.3, -0.25) is 14.4 Å². The van der Waals surface area contributed by atoms with Crippen molar-refractivity contribution in [1.29, 1.82) is 0 Å². The highest BCUT2D eigenvalue weighted by atomic mass is 16.2. The Hall–Kier alpha value is -1.36. The molecule has 2 aliphatic heterocycles. The summed E-state index contributed by atoms with van der Waals surface area (Å²) in [7, 11) is 1.95. The molecule has 0 N–H and O–H groups in total. The van der Waals surface area contributed by atoms with E-state index >= 15 is 0 Å². The van der Waals surface area contributed by atoms with Crippen molar-refractivity contribution in [2.45, 2.75) is 77.9 Å². The van der Waals surface area contributed by atoms with Crippen molar-refractivity contribution >= 4 is 5.91 Å². The van der Waals surface area contributed by atoms with Crippen molar-refractivity contribution in [2.24, 2.45) is 7.05 Å². The molecule has 0 unspecified atom stereocenters. The second-order valence-electron chi connectivity index (χ2n) is 7.81. The fraction of sp³-hybridized carbons (Fsp3) is 0.789. The molecule has 2 aliphatic rings. The van der Waals surface area contributed by atoms with Crippen LogP contribution in [0.5, 0.6) is 0 Å². The van der Waals surface area contributed by atoms with E-state index in [0.717, 1.165) is 36.5 Å². The molecule has 0 radical (unpaired) electrons. The monoisotopic (exact) mass is 332 g/mol. The lowest BCUT2D eigenvalue weighted by atomic mass is 10.0. The van der Waals surface area contributed by atoms with Gasteiger partial charge in [-0.05, 0) is 53.4 Å². The quantitative estimate of drug-likeness (QED) is 0.854. The summed E-state index contributed by atoms with van der Waals surface area (Å²) in [5, 5.41) is 4.44. The zero-order chi connectivity index (χ0) is 17.4. The van der Waals surface area contributed by atoms with Crippen molar-refractivity contribution in [2.75, 3.05) is 13.1 Å². The third kappa shape index (κ3) is 3.23. The number of hydrogen-bond acceptors (Lipinski definition) is 3. The van der Waals surface area contributed by atoms with Crippen molar-refractivity contribution in [3.63, 3.8) is 0 Å². The number of aryl methyl sites for hydroxylation is 2. The molecule has 2 fully saturated rings. The van der Waals surface area contributed by atoms with Gasteiger partial charge in [0, 0.05) is 49.5 Å². The highest BCUT2D eigenvalue weighted by Crippen LogP contribution is 2.30. The number of carbonyl (C=O) groups is 1. The Morgan fingerprint density at radius 3 is 2.42 bits per heavy atom. The summed E-state index contributed by atoms with van der Waals surface area (Å²) in [6, 6.07) is 1.84. The normalized spacial score (nSPS) is 28.5. The Morgan fingerprint density at radius 2 is 1.83 bits per heavy atom. The number of hydrogen-bond donors (Lipinski definition) is 0. The molecule has 0 saturated carbocycles. The summed E-state index contributed by atoms with van der Waals surface area (Å²) in [6.45, 7) is 10.5. The van der Waals surface area contributed by atoms with Crippen LogP contribution in [-0.2, 0) is 18.3 Å². The third-order valence-corrected chi connectivity index (χ3v) is 6.18. The average Bonchev–Trinajstić information content (AvgIpc) is 3.01. The summed E-state index contributed by atoms with van der Waals surface area (Å²) < 4.78 is 1.88.